The van der Waals surface area contributed by atoms with Crippen molar-refractivity contribution in [1.82, 2.24) is 10.2 Å². The van der Waals surface area contributed by atoms with Gasteiger partial charge in [-0.1, -0.05) is 29.8 Å². The van der Waals surface area contributed by atoms with E-state index < -0.39 is 0 Å². The van der Waals surface area contributed by atoms with Gasteiger partial charge in [0, 0.05) is 31.6 Å². The number of nitrogens with one attached hydrogen (secondary N) is 1. The lowest BCUT2D eigenvalue weighted by Gasteiger charge is -2.27. The van der Waals surface area contributed by atoms with E-state index in [2.05, 4.69) is 5.32 Å². The van der Waals surface area contributed by atoms with Crippen molar-refractivity contribution in [2.75, 3.05) is 6.54 Å². The second-order valence-electron chi connectivity index (χ2n) is 7.28. The minimum absolute atomic E-state index is 0. The van der Waals surface area contributed by atoms with Crippen molar-refractivity contribution in [1.29, 1.82) is 0 Å². The molecule has 5 nitrogen and oxygen atoms in total. The van der Waals surface area contributed by atoms with E-state index >= 15 is 0 Å². The standard InChI is InChI=1S/C19H27N3O2.ClH/c1-13-2-4-14(5-3-13)11-22-12-15(10-18(22)23)19(24)21-17-8-6-16(20)7-9-17;/h2-5,15-17H,6-12,20H2,1H3,(H,21,24);1H. The largest absolute Gasteiger partial charge is 0.353 e. The summed E-state index contributed by atoms with van der Waals surface area (Å²) < 4.78 is 0. The van der Waals surface area contributed by atoms with Crippen molar-refractivity contribution in [3.8, 4) is 0 Å². The predicted octanol–water partition coefficient (Wildman–Crippen LogP) is 2.15. The molecule has 2 amide bonds. The minimum atomic E-state index is -0.224. The molecule has 1 saturated carbocycles. The van der Waals surface area contributed by atoms with Crippen LogP contribution in [-0.4, -0.2) is 35.3 Å². The summed E-state index contributed by atoms with van der Waals surface area (Å²) in [6.45, 7) is 3.15. The Hall–Kier alpha value is -1.59. The van der Waals surface area contributed by atoms with Crippen LogP contribution in [0.3, 0.4) is 0 Å². The first kappa shape index (κ1) is 19.7. The number of hydrogen-bond acceptors (Lipinski definition) is 3. The maximum atomic E-state index is 12.5. The van der Waals surface area contributed by atoms with Crippen molar-refractivity contribution in [3.05, 3.63) is 35.4 Å². The molecule has 1 aliphatic carbocycles. The Labute approximate surface area is 155 Å². The molecule has 2 fully saturated rings. The Kier molecular flexibility index (Phi) is 6.85. The summed E-state index contributed by atoms with van der Waals surface area (Å²) in [5, 5.41) is 3.12. The summed E-state index contributed by atoms with van der Waals surface area (Å²) in [6, 6.07) is 8.68. The van der Waals surface area contributed by atoms with E-state index in [1.807, 2.05) is 31.2 Å². The predicted molar refractivity (Wildman–Crippen MR) is 100 cm³/mol. The number of carbonyl (C=O) groups is 2. The van der Waals surface area contributed by atoms with Crippen LogP contribution in [0.25, 0.3) is 0 Å². The molecule has 1 aliphatic heterocycles. The first-order valence-electron chi connectivity index (χ1n) is 8.90. The van der Waals surface area contributed by atoms with Gasteiger partial charge in [0.25, 0.3) is 0 Å². The Balaban J connectivity index is 0.00000225. The zero-order valence-corrected chi connectivity index (χ0v) is 15.6. The Morgan fingerprint density at radius 2 is 1.84 bits per heavy atom. The van der Waals surface area contributed by atoms with Gasteiger partial charge in [-0.25, -0.2) is 0 Å². The number of nitrogens with zero attached hydrogens (tertiary/aromatic N) is 1. The van der Waals surface area contributed by atoms with Crippen LogP contribution < -0.4 is 11.1 Å². The van der Waals surface area contributed by atoms with Gasteiger partial charge in [0.15, 0.2) is 0 Å². The fraction of sp³-hybridized carbons (Fsp3) is 0.579. The summed E-state index contributed by atoms with van der Waals surface area (Å²) >= 11 is 0. The number of halogens is 1. The summed E-state index contributed by atoms with van der Waals surface area (Å²) in [7, 11) is 0. The lowest BCUT2D eigenvalue weighted by Crippen LogP contribution is -2.43. The van der Waals surface area contributed by atoms with E-state index in [0.717, 1.165) is 31.2 Å². The van der Waals surface area contributed by atoms with E-state index in [1.54, 1.807) is 4.90 Å². The van der Waals surface area contributed by atoms with Crippen molar-refractivity contribution in [2.45, 2.75) is 57.7 Å². The monoisotopic (exact) mass is 365 g/mol. The maximum absolute atomic E-state index is 12.5. The van der Waals surface area contributed by atoms with Crippen LogP contribution in [0.2, 0.25) is 0 Å². The molecule has 3 rings (SSSR count). The SMILES string of the molecule is Cc1ccc(CN2CC(C(=O)NC3CCC(N)CC3)CC2=O)cc1.Cl. The molecule has 0 bridgehead atoms. The van der Waals surface area contributed by atoms with Crippen LogP contribution in [0.1, 0.15) is 43.2 Å². The van der Waals surface area contributed by atoms with E-state index in [9.17, 15) is 9.59 Å². The number of likely N-dealkylation sites (tertiary alicyclic amines) is 1. The van der Waals surface area contributed by atoms with Gasteiger partial charge in [0.2, 0.25) is 11.8 Å². The smallest absolute Gasteiger partial charge is 0.225 e. The van der Waals surface area contributed by atoms with Gasteiger partial charge >= 0.3 is 0 Å². The average Bonchev–Trinajstić information content (AvgIpc) is 2.93. The number of rotatable bonds is 4. The van der Waals surface area contributed by atoms with Gasteiger partial charge in [0.05, 0.1) is 5.92 Å². The van der Waals surface area contributed by atoms with Crippen LogP contribution in [0.15, 0.2) is 24.3 Å². The topological polar surface area (TPSA) is 75.4 Å². The summed E-state index contributed by atoms with van der Waals surface area (Å²) in [6.07, 6.45) is 4.15. The van der Waals surface area contributed by atoms with Crippen LogP contribution in [0.5, 0.6) is 0 Å². The molecule has 6 heteroatoms. The normalized spacial score (nSPS) is 26.2. The fourth-order valence-electron chi connectivity index (χ4n) is 3.60. The third kappa shape index (κ3) is 5.19. The second-order valence-corrected chi connectivity index (χ2v) is 7.28. The third-order valence-electron chi connectivity index (χ3n) is 5.20. The van der Waals surface area contributed by atoms with Gasteiger partial charge < -0.3 is 16.0 Å². The van der Waals surface area contributed by atoms with Crippen LogP contribution in [0, 0.1) is 12.8 Å². The van der Waals surface area contributed by atoms with Crippen molar-refractivity contribution in [2.24, 2.45) is 11.7 Å². The van der Waals surface area contributed by atoms with Crippen LogP contribution in [0.4, 0.5) is 0 Å². The van der Waals surface area contributed by atoms with Crippen LogP contribution >= 0.6 is 12.4 Å². The molecule has 1 saturated heterocycles. The molecule has 3 N–H and O–H groups in total. The van der Waals surface area contributed by atoms with Crippen molar-refractivity contribution < 1.29 is 9.59 Å². The van der Waals surface area contributed by atoms with Gasteiger partial charge in [-0.2, -0.15) is 0 Å². The molecular weight excluding hydrogens is 338 g/mol. The lowest BCUT2D eigenvalue weighted by molar-refractivity contribution is -0.129. The molecule has 1 unspecified atom stereocenters. The first-order valence-corrected chi connectivity index (χ1v) is 8.90. The minimum Gasteiger partial charge on any atom is -0.353 e. The van der Waals surface area contributed by atoms with Gasteiger partial charge in [0.1, 0.15) is 0 Å². The second kappa shape index (κ2) is 8.68. The summed E-state index contributed by atoms with van der Waals surface area (Å²) in [5.41, 5.74) is 8.22. The Morgan fingerprint density at radius 3 is 2.48 bits per heavy atom. The Morgan fingerprint density at radius 1 is 1.20 bits per heavy atom. The molecule has 1 aromatic carbocycles. The highest BCUT2D eigenvalue weighted by Gasteiger charge is 2.35. The number of carbonyl (C=O) groups excluding carboxylic acids is 2. The van der Waals surface area contributed by atoms with Gasteiger partial charge in [-0.3, -0.25) is 9.59 Å². The molecule has 0 spiro atoms. The summed E-state index contributed by atoms with van der Waals surface area (Å²) in [4.78, 5) is 26.5. The fourth-order valence-corrected chi connectivity index (χ4v) is 3.60. The highest BCUT2D eigenvalue weighted by atomic mass is 35.5. The zero-order chi connectivity index (χ0) is 17.1. The van der Waals surface area contributed by atoms with E-state index in [0.29, 0.717) is 19.5 Å². The first-order chi connectivity index (χ1) is 11.5. The summed E-state index contributed by atoms with van der Waals surface area (Å²) in [5.74, 6) is -0.129. The highest BCUT2D eigenvalue weighted by molar-refractivity contribution is 5.89. The highest BCUT2D eigenvalue weighted by Crippen LogP contribution is 2.22. The third-order valence-corrected chi connectivity index (χ3v) is 5.20. The quantitative estimate of drug-likeness (QED) is 0.858. The number of amides is 2. The average molecular weight is 366 g/mol. The molecule has 0 radical (unpaired) electrons. The van der Waals surface area contributed by atoms with E-state index in [1.165, 1.54) is 5.56 Å². The zero-order valence-electron chi connectivity index (χ0n) is 14.7. The molecule has 138 valence electrons. The molecule has 1 aromatic rings. The molecule has 1 heterocycles. The van der Waals surface area contributed by atoms with E-state index in [4.69, 9.17) is 5.73 Å². The van der Waals surface area contributed by atoms with E-state index in [-0.39, 0.29) is 42.2 Å². The Bertz CT molecular complexity index is 597. The van der Waals surface area contributed by atoms with Gasteiger partial charge in [-0.05, 0) is 38.2 Å². The van der Waals surface area contributed by atoms with Crippen molar-refractivity contribution in [3.63, 3.8) is 0 Å². The number of aryl methyl sites for hydroxylation is 1. The molecule has 25 heavy (non-hydrogen) atoms. The number of benzene rings is 1. The lowest BCUT2D eigenvalue weighted by atomic mass is 9.91. The number of hydrogen-bond donors (Lipinski definition) is 2. The van der Waals surface area contributed by atoms with Gasteiger partial charge in [-0.15, -0.1) is 12.4 Å². The molecule has 0 aromatic heterocycles. The number of nitrogens with two attached hydrogens (primary N) is 1. The maximum Gasteiger partial charge on any atom is 0.225 e. The molecule has 1 atom stereocenters. The molecular formula is C19H28ClN3O2. The molecule has 2 aliphatic rings. The van der Waals surface area contributed by atoms with Crippen LogP contribution in [-0.2, 0) is 16.1 Å². The van der Waals surface area contributed by atoms with Crippen molar-refractivity contribution >= 4 is 24.2 Å².